The van der Waals surface area contributed by atoms with Crippen LogP contribution in [0.1, 0.15) is 65.4 Å². The molecule has 5 N–H and O–H groups in total. The molecule has 0 aliphatic carbocycles. The Morgan fingerprint density at radius 2 is 1.71 bits per heavy atom. The quantitative estimate of drug-likeness (QED) is 0.146. The zero-order valence-electron chi connectivity index (χ0n) is 26.0. The molecule has 1 fully saturated rings. The summed E-state index contributed by atoms with van der Waals surface area (Å²) in [5.74, 6) is 0.383. The van der Waals surface area contributed by atoms with Crippen LogP contribution in [0.25, 0.3) is 0 Å². The molecular weight excluding hydrogens is 562 g/mol. The van der Waals surface area contributed by atoms with Crippen LogP contribution in [0.4, 0.5) is 0 Å². The molecule has 0 saturated carbocycles. The van der Waals surface area contributed by atoms with Gasteiger partial charge in [0.05, 0.1) is 19.8 Å². The van der Waals surface area contributed by atoms with Crippen molar-refractivity contribution in [2.75, 3.05) is 34.0 Å². The van der Waals surface area contributed by atoms with Crippen molar-refractivity contribution in [3.63, 3.8) is 0 Å². The van der Waals surface area contributed by atoms with Crippen LogP contribution in [-0.4, -0.2) is 69.0 Å². The predicted molar refractivity (Wildman–Crippen MR) is 165 cm³/mol. The monoisotopic (exact) mass is 613 g/mol. The van der Waals surface area contributed by atoms with E-state index < -0.39 is 18.1 Å². The van der Waals surface area contributed by atoms with Gasteiger partial charge < -0.3 is 30.4 Å². The lowest BCUT2D eigenvalue weighted by Crippen LogP contribution is -2.45. The molecule has 42 heavy (non-hydrogen) atoms. The van der Waals surface area contributed by atoms with Crippen LogP contribution < -0.4 is 25.8 Å². The standard InChI is InChI=1S/C31H51N3O7.ClH/c1-19(2)23(12-21-8-9-27(40-6)28(13-21)41-11-7-10-39-5)16-25(32)26(35)17-24(20(3)4)31(38)33-18-22-14-29(36)34-30(37)15-22;/h8-9,13,19-20,22-26,35H,7,10-12,14-18,32H2,1-6H3,(H,33,38)(H,34,36,37);1H/t23-,24-,25-,26-;/m0./s1. The molecule has 0 spiro atoms. The molecular formula is C31H52ClN3O7. The molecule has 1 aromatic rings. The lowest BCUT2D eigenvalue weighted by molar-refractivity contribution is -0.136. The van der Waals surface area contributed by atoms with Crippen LogP contribution >= 0.6 is 12.4 Å². The van der Waals surface area contributed by atoms with Crippen LogP contribution in [-0.2, 0) is 25.5 Å². The number of amides is 3. The summed E-state index contributed by atoms with van der Waals surface area (Å²) in [6, 6.07) is 5.44. The van der Waals surface area contributed by atoms with Crippen molar-refractivity contribution in [2.24, 2.45) is 35.3 Å². The number of aliphatic hydroxyl groups excluding tert-OH is 1. The number of nitrogens with two attached hydrogens (primary N) is 1. The average Bonchev–Trinajstić information content (AvgIpc) is 2.91. The summed E-state index contributed by atoms with van der Waals surface area (Å²) in [4.78, 5) is 36.3. The smallest absolute Gasteiger partial charge is 0.226 e. The maximum Gasteiger partial charge on any atom is 0.226 e. The SMILES string of the molecule is COCCCOc1cc(C[C@@H](C[C@H](N)[C@@H](O)C[C@H](C(=O)NCC2CC(=O)NC(=O)C2)C(C)C)C(C)C)ccc1OC.Cl. The van der Waals surface area contributed by atoms with Gasteiger partial charge in [0, 0.05) is 51.5 Å². The van der Waals surface area contributed by atoms with E-state index in [1.807, 2.05) is 32.0 Å². The summed E-state index contributed by atoms with van der Waals surface area (Å²) < 4.78 is 16.5. The third-order valence-electron chi connectivity index (χ3n) is 7.92. The van der Waals surface area contributed by atoms with E-state index in [-0.39, 0.29) is 73.7 Å². The second-order valence-electron chi connectivity index (χ2n) is 11.9. The molecule has 2 rings (SSSR count). The van der Waals surface area contributed by atoms with Crippen molar-refractivity contribution in [3.05, 3.63) is 23.8 Å². The highest BCUT2D eigenvalue weighted by Gasteiger charge is 2.31. The van der Waals surface area contributed by atoms with Crippen molar-refractivity contribution in [1.29, 1.82) is 0 Å². The third kappa shape index (κ3) is 12.5. The van der Waals surface area contributed by atoms with Crippen LogP contribution in [0.5, 0.6) is 11.5 Å². The Balaban J connectivity index is 0.00000882. The van der Waals surface area contributed by atoms with Gasteiger partial charge in [-0.05, 0) is 60.6 Å². The minimum absolute atomic E-state index is 0. The largest absolute Gasteiger partial charge is 0.493 e. The highest BCUT2D eigenvalue weighted by molar-refractivity contribution is 5.97. The average molecular weight is 614 g/mol. The Bertz CT molecular complexity index is 975. The summed E-state index contributed by atoms with van der Waals surface area (Å²) in [6.07, 6.45) is 1.93. The Labute approximate surface area is 257 Å². The Morgan fingerprint density at radius 3 is 2.29 bits per heavy atom. The van der Waals surface area contributed by atoms with Crippen LogP contribution in [0.3, 0.4) is 0 Å². The van der Waals surface area contributed by atoms with Gasteiger partial charge in [-0.1, -0.05) is 33.8 Å². The molecule has 1 aliphatic rings. The number of nitrogens with one attached hydrogen (secondary N) is 2. The Kier molecular flexibility index (Phi) is 17.0. The molecule has 0 aromatic heterocycles. The fourth-order valence-electron chi connectivity index (χ4n) is 5.24. The third-order valence-corrected chi connectivity index (χ3v) is 7.92. The first-order valence-corrected chi connectivity index (χ1v) is 14.8. The molecule has 4 atom stereocenters. The van der Waals surface area contributed by atoms with Gasteiger partial charge in [-0.25, -0.2) is 0 Å². The summed E-state index contributed by atoms with van der Waals surface area (Å²) in [5.41, 5.74) is 7.63. The maximum atomic E-state index is 13.0. The van der Waals surface area contributed by atoms with Gasteiger partial charge in [0.1, 0.15) is 0 Å². The summed E-state index contributed by atoms with van der Waals surface area (Å²) in [6.45, 7) is 9.57. The number of rotatable bonds is 18. The second-order valence-corrected chi connectivity index (χ2v) is 11.9. The molecule has 0 unspecified atom stereocenters. The number of methoxy groups -OCH3 is 2. The molecule has 1 aliphatic heterocycles. The first-order chi connectivity index (χ1) is 19.4. The molecule has 0 radical (unpaired) electrons. The maximum absolute atomic E-state index is 13.0. The van der Waals surface area contributed by atoms with Crippen molar-refractivity contribution in [1.82, 2.24) is 10.6 Å². The number of ether oxygens (including phenoxy) is 3. The second kappa shape index (κ2) is 19.0. The summed E-state index contributed by atoms with van der Waals surface area (Å²) in [7, 11) is 3.28. The molecule has 1 saturated heterocycles. The fourth-order valence-corrected chi connectivity index (χ4v) is 5.24. The van der Waals surface area contributed by atoms with Crippen molar-refractivity contribution < 1.29 is 33.7 Å². The molecule has 240 valence electrons. The van der Waals surface area contributed by atoms with Crippen LogP contribution in [0.2, 0.25) is 0 Å². The molecule has 0 bridgehead atoms. The van der Waals surface area contributed by atoms with Gasteiger partial charge in [-0.2, -0.15) is 0 Å². The van der Waals surface area contributed by atoms with Gasteiger partial charge in [0.15, 0.2) is 11.5 Å². The molecule has 3 amide bonds. The van der Waals surface area contributed by atoms with E-state index in [0.717, 1.165) is 18.4 Å². The first kappa shape index (κ1) is 37.6. The number of piperidine rings is 1. The van der Waals surface area contributed by atoms with Crippen LogP contribution in [0, 0.1) is 29.6 Å². The first-order valence-electron chi connectivity index (χ1n) is 14.8. The van der Waals surface area contributed by atoms with Gasteiger partial charge in [-0.3, -0.25) is 19.7 Å². The number of imide groups is 1. The lowest BCUT2D eigenvalue weighted by atomic mass is 9.80. The highest BCUT2D eigenvalue weighted by atomic mass is 35.5. The zero-order chi connectivity index (χ0) is 30.5. The molecule has 11 heteroatoms. The van der Waals surface area contributed by atoms with Crippen LogP contribution in [0.15, 0.2) is 18.2 Å². The number of aliphatic hydroxyl groups is 1. The van der Waals surface area contributed by atoms with E-state index in [9.17, 15) is 19.5 Å². The van der Waals surface area contributed by atoms with E-state index in [1.165, 1.54) is 0 Å². The highest BCUT2D eigenvalue weighted by Crippen LogP contribution is 2.32. The number of halogens is 1. The number of hydrogen-bond donors (Lipinski definition) is 4. The van der Waals surface area contributed by atoms with Gasteiger partial charge in [0.25, 0.3) is 0 Å². The minimum atomic E-state index is -0.855. The van der Waals surface area contributed by atoms with E-state index in [1.54, 1.807) is 14.2 Å². The summed E-state index contributed by atoms with van der Waals surface area (Å²) >= 11 is 0. The Hall–Kier alpha value is -2.40. The normalized spacial score (nSPS) is 16.8. The van der Waals surface area contributed by atoms with Gasteiger partial charge in [0.2, 0.25) is 17.7 Å². The van der Waals surface area contributed by atoms with Gasteiger partial charge >= 0.3 is 0 Å². The van der Waals surface area contributed by atoms with Crippen molar-refractivity contribution in [2.45, 2.75) is 78.4 Å². The van der Waals surface area contributed by atoms with E-state index in [0.29, 0.717) is 37.1 Å². The number of carbonyl (C=O) groups is 3. The number of carbonyl (C=O) groups excluding carboxylic acids is 3. The fraction of sp³-hybridized carbons (Fsp3) is 0.710. The van der Waals surface area contributed by atoms with Crippen molar-refractivity contribution >= 4 is 30.1 Å². The number of hydrogen-bond acceptors (Lipinski definition) is 8. The van der Waals surface area contributed by atoms with E-state index in [2.05, 4.69) is 24.5 Å². The minimum Gasteiger partial charge on any atom is -0.493 e. The topological polar surface area (TPSA) is 149 Å². The van der Waals surface area contributed by atoms with Crippen molar-refractivity contribution in [3.8, 4) is 11.5 Å². The zero-order valence-corrected chi connectivity index (χ0v) is 26.8. The van der Waals surface area contributed by atoms with E-state index in [4.69, 9.17) is 19.9 Å². The molecule has 1 heterocycles. The predicted octanol–water partition coefficient (Wildman–Crippen LogP) is 3.26. The molecule has 1 aromatic carbocycles. The van der Waals surface area contributed by atoms with E-state index >= 15 is 0 Å². The number of benzene rings is 1. The van der Waals surface area contributed by atoms with Gasteiger partial charge in [-0.15, -0.1) is 12.4 Å². The summed E-state index contributed by atoms with van der Waals surface area (Å²) in [5, 5.41) is 16.2. The lowest BCUT2D eigenvalue weighted by Gasteiger charge is -2.30. The molecule has 10 nitrogen and oxygen atoms in total. The Morgan fingerprint density at radius 1 is 1.05 bits per heavy atom.